The Labute approximate surface area is 197 Å². The highest BCUT2D eigenvalue weighted by molar-refractivity contribution is 7.99. The van der Waals surface area contributed by atoms with Crippen molar-refractivity contribution in [3.05, 3.63) is 99.6 Å². The van der Waals surface area contributed by atoms with Crippen molar-refractivity contribution in [2.24, 2.45) is 0 Å². The van der Waals surface area contributed by atoms with Crippen molar-refractivity contribution in [3.8, 4) is 0 Å². The van der Waals surface area contributed by atoms with Gasteiger partial charge in [0.05, 0.1) is 23.0 Å². The molecule has 1 aliphatic rings. The molecular weight excluding hydrogens is 436 g/mol. The summed E-state index contributed by atoms with van der Waals surface area (Å²) in [6.45, 7) is 5.09. The van der Waals surface area contributed by atoms with E-state index in [0.717, 1.165) is 29.2 Å². The molecule has 33 heavy (non-hydrogen) atoms. The summed E-state index contributed by atoms with van der Waals surface area (Å²) in [4.78, 5) is 27.6. The van der Waals surface area contributed by atoms with Crippen LogP contribution in [0.4, 0.5) is 11.4 Å². The van der Waals surface area contributed by atoms with E-state index in [1.165, 1.54) is 23.9 Å². The summed E-state index contributed by atoms with van der Waals surface area (Å²) in [5.74, 6) is -0.149. The van der Waals surface area contributed by atoms with Crippen LogP contribution in [0.3, 0.4) is 0 Å². The zero-order valence-corrected chi connectivity index (χ0v) is 19.1. The van der Waals surface area contributed by atoms with Crippen molar-refractivity contribution >= 4 is 35.0 Å². The molecule has 0 unspecified atom stereocenters. The highest BCUT2D eigenvalue weighted by Gasteiger charge is 2.16. The zero-order valence-electron chi connectivity index (χ0n) is 18.3. The number of allylic oxidation sites excluding steroid dienone is 1. The molecule has 3 aromatic carbocycles. The second-order valence-corrected chi connectivity index (χ2v) is 8.86. The molecule has 3 aromatic rings. The van der Waals surface area contributed by atoms with Gasteiger partial charge < -0.3 is 9.64 Å². The first-order chi connectivity index (χ1) is 16.0. The molecule has 1 aliphatic heterocycles. The minimum Gasteiger partial charge on any atom is -0.378 e. The Balaban J connectivity index is 1.46. The van der Waals surface area contributed by atoms with Gasteiger partial charge in [-0.3, -0.25) is 14.9 Å². The van der Waals surface area contributed by atoms with Crippen molar-refractivity contribution in [2.45, 2.75) is 16.7 Å². The molecule has 0 atom stereocenters. The summed E-state index contributed by atoms with van der Waals surface area (Å²) >= 11 is 1.35. The molecule has 4 rings (SSSR count). The maximum absolute atomic E-state index is 12.6. The van der Waals surface area contributed by atoms with Crippen LogP contribution in [0.5, 0.6) is 0 Å². The number of hydrogen-bond acceptors (Lipinski definition) is 6. The van der Waals surface area contributed by atoms with E-state index in [9.17, 15) is 14.9 Å². The topological polar surface area (TPSA) is 72.7 Å². The number of aryl methyl sites for hydroxylation is 1. The number of rotatable bonds is 7. The number of nitrogens with zero attached hydrogens (tertiary/aromatic N) is 2. The minimum atomic E-state index is -0.389. The molecule has 1 fully saturated rings. The van der Waals surface area contributed by atoms with E-state index in [-0.39, 0.29) is 16.4 Å². The number of ether oxygens (including phenoxy) is 1. The van der Waals surface area contributed by atoms with E-state index in [1.54, 1.807) is 30.3 Å². The number of ketones is 1. The molecule has 0 spiro atoms. The Bertz CT molecular complexity index is 1170. The number of nitro benzene ring substituents is 1. The van der Waals surface area contributed by atoms with Crippen molar-refractivity contribution < 1.29 is 14.5 Å². The van der Waals surface area contributed by atoms with Crippen LogP contribution < -0.4 is 4.90 Å². The van der Waals surface area contributed by atoms with E-state index in [4.69, 9.17) is 4.74 Å². The molecule has 7 heteroatoms. The van der Waals surface area contributed by atoms with Crippen LogP contribution >= 0.6 is 11.8 Å². The largest absolute Gasteiger partial charge is 0.378 e. The van der Waals surface area contributed by atoms with Crippen LogP contribution in [0.25, 0.3) is 6.08 Å². The molecule has 0 aliphatic carbocycles. The van der Waals surface area contributed by atoms with Crippen LogP contribution in [-0.4, -0.2) is 37.0 Å². The molecule has 168 valence electrons. The van der Waals surface area contributed by atoms with E-state index >= 15 is 0 Å². The SMILES string of the molecule is Cc1ccc(Sc2ccc(C=CC(=O)c3ccc(N4CCOCC4)cc3)cc2[N+](=O)[O-])cc1. The third kappa shape index (κ3) is 5.88. The van der Waals surface area contributed by atoms with Crippen molar-refractivity contribution in [3.63, 3.8) is 0 Å². The molecule has 0 bridgehead atoms. The maximum Gasteiger partial charge on any atom is 0.283 e. The summed E-state index contributed by atoms with van der Waals surface area (Å²) in [6.07, 6.45) is 3.07. The van der Waals surface area contributed by atoms with Gasteiger partial charge in [-0.25, -0.2) is 0 Å². The van der Waals surface area contributed by atoms with Gasteiger partial charge in [-0.15, -0.1) is 0 Å². The van der Waals surface area contributed by atoms with Crippen LogP contribution in [0.15, 0.2) is 82.6 Å². The third-order valence-corrected chi connectivity index (χ3v) is 6.46. The van der Waals surface area contributed by atoms with Crippen LogP contribution in [0.2, 0.25) is 0 Å². The molecule has 1 heterocycles. The highest BCUT2D eigenvalue weighted by atomic mass is 32.2. The fourth-order valence-corrected chi connectivity index (χ4v) is 4.43. The lowest BCUT2D eigenvalue weighted by molar-refractivity contribution is -0.387. The van der Waals surface area contributed by atoms with Crippen molar-refractivity contribution in [1.82, 2.24) is 0 Å². The van der Waals surface area contributed by atoms with E-state index in [2.05, 4.69) is 4.90 Å². The smallest absolute Gasteiger partial charge is 0.283 e. The highest BCUT2D eigenvalue weighted by Crippen LogP contribution is 2.35. The fraction of sp³-hybridized carbons (Fsp3) is 0.192. The average molecular weight is 461 g/mol. The first-order valence-corrected chi connectivity index (χ1v) is 11.5. The summed E-state index contributed by atoms with van der Waals surface area (Å²) in [5.41, 5.74) is 3.40. The zero-order chi connectivity index (χ0) is 23.2. The Morgan fingerprint density at radius 2 is 1.73 bits per heavy atom. The van der Waals surface area contributed by atoms with Crippen LogP contribution in [-0.2, 0) is 4.74 Å². The lowest BCUT2D eigenvalue weighted by Crippen LogP contribution is -2.36. The first-order valence-electron chi connectivity index (χ1n) is 10.7. The monoisotopic (exact) mass is 460 g/mol. The summed E-state index contributed by atoms with van der Waals surface area (Å²) in [6, 6.07) is 20.3. The number of anilines is 1. The number of hydrogen-bond donors (Lipinski definition) is 0. The molecule has 0 N–H and O–H groups in total. The molecule has 1 saturated heterocycles. The quantitative estimate of drug-likeness (QED) is 0.192. The fourth-order valence-electron chi connectivity index (χ4n) is 3.53. The maximum atomic E-state index is 12.6. The Morgan fingerprint density at radius 1 is 1.03 bits per heavy atom. The van der Waals surface area contributed by atoms with Crippen LogP contribution in [0, 0.1) is 17.0 Å². The number of morpholine rings is 1. The van der Waals surface area contributed by atoms with Gasteiger partial charge in [0, 0.05) is 35.3 Å². The van der Waals surface area contributed by atoms with Gasteiger partial charge in [-0.1, -0.05) is 41.6 Å². The third-order valence-electron chi connectivity index (χ3n) is 5.38. The van der Waals surface area contributed by atoms with Gasteiger partial charge in [-0.2, -0.15) is 0 Å². The number of carbonyl (C=O) groups excluding carboxylic acids is 1. The normalized spacial score (nSPS) is 13.9. The van der Waals surface area contributed by atoms with Gasteiger partial charge in [-0.05, 0) is 61.0 Å². The lowest BCUT2D eigenvalue weighted by Gasteiger charge is -2.28. The molecule has 6 nitrogen and oxygen atoms in total. The van der Waals surface area contributed by atoms with Gasteiger partial charge in [0.2, 0.25) is 0 Å². The van der Waals surface area contributed by atoms with Gasteiger partial charge >= 0.3 is 0 Å². The summed E-state index contributed by atoms with van der Waals surface area (Å²) < 4.78 is 5.37. The number of benzene rings is 3. The van der Waals surface area contributed by atoms with Gasteiger partial charge in [0.15, 0.2) is 5.78 Å². The summed E-state index contributed by atoms with van der Waals surface area (Å²) in [5, 5.41) is 11.6. The second-order valence-electron chi connectivity index (χ2n) is 7.74. The Kier molecular flexibility index (Phi) is 7.22. The van der Waals surface area contributed by atoms with E-state index in [1.807, 2.05) is 43.3 Å². The van der Waals surface area contributed by atoms with E-state index in [0.29, 0.717) is 29.2 Å². The van der Waals surface area contributed by atoms with E-state index < -0.39 is 0 Å². The number of nitro groups is 1. The second kappa shape index (κ2) is 10.5. The molecule has 0 radical (unpaired) electrons. The molecule has 0 saturated carbocycles. The predicted molar refractivity (Wildman–Crippen MR) is 131 cm³/mol. The first kappa shape index (κ1) is 22.8. The predicted octanol–water partition coefficient (Wildman–Crippen LogP) is 5.79. The molecular formula is C26H24N2O4S. The average Bonchev–Trinajstić information content (AvgIpc) is 2.85. The molecule has 0 aromatic heterocycles. The van der Waals surface area contributed by atoms with Crippen molar-refractivity contribution in [2.75, 3.05) is 31.2 Å². The molecule has 0 amide bonds. The van der Waals surface area contributed by atoms with Gasteiger partial charge in [0.25, 0.3) is 5.69 Å². The van der Waals surface area contributed by atoms with Crippen LogP contribution in [0.1, 0.15) is 21.5 Å². The lowest BCUT2D eigenvalue weighted by atomic mass is 10.1. The standard InChI is InChI=1S/C26H24N2O4S/c1-19-2-10-23(11-3-19)33-26-13-5-20(18-24(26)28(30)31)4-12-25(29)21-6-8-22(9-7-21)27-14-16-32-17-15-27/h2-13,18H,14-17H2,1H3. The minimum absolute atomic E-state index is 0.0186. The van der Waals surface area contributed by atoms with Gasteiger partial charge in [0.1, 0.15) is 0 Å². The Morgan fingerprint density at radius 3 is 2.39 bits per heavy atom. The number of carbonyl (C=O) groups is 1. The van der Waals surface area contributed by atoms with Crippen molar-refractivity contribution in [1.29, 1.82) is 0 Å². The Hall–Kier alpha value is -3.42. The summed E-state index contributed by atoms with van der Waals surface area (Å²) in [7, 11) is 0.